The van der Waals surface area contributed by atoms with E-state index >= 15 is 0 Å². The van der Waals surface area contributed by atoms with Crippen molar-refractivity contribution in [3.63, 3.8) is 0 Å². The largest absolute Gasteiger partial charge is 0.497 e. The minimum atomic E-state index is -1.40. The Morgan fingerprint density at radius 2 is 1.86 bits per heavy atom. The summed E-state index contributed by atoms with van der Waals surface area (Å²) in [5.41, 5.74) is 1.70. The predicted molar refractivity (Wildman–Crippen MR) is 129 cm³/mol. The van der Waals surface area contributed by atoms with Gasteiger partial charge in [0.25, 0.3) is 5.91 Å². The lowest BCUT2D eigenvalue weighted by atomic mass is 10.0. The molecule has 1 saturated heterocycles. The number of methoxy groups -OCH3 is 1. The smallest absolute Gasteiger partial charge is 0.354 e. The molecule has 2 unspecified atom stereocenters. The van der Waals surface area contributed by atoms with Crippen LogP contribution in [0.4, 0.5) is 0 Å². The van der Waals surface area contributed by atoms with E-state index in [0.717, 1.165) is 12.8 Å². The third-order valence-corrected chi connectivity index (χ3v) is 6.15. The molecule has 2 atom stereocenters. The van der Waals surface area contributed by atoms with Crippen molar-refractivity contribution >= 4 is 40.3 Å². The summed E-state index contributed by atoms with van der Waals surface area (Å²) in [5.74, 6) is -1.24. The SMILES string of the molecule is COc1ccc2c(c1)c(C(OC(C)=O)C(=O)OC1CCCCO1)c(C)n2C(=O)c1ccc(Cl)cc1. The summed E-state index contributed by atoms with van der Waals surface area (Å²) in [5, 5.41) is 1.03. The Hall–Kier alpha value is -3.36. The molecule has 3 aromatic rings. The third kappa shape index (κ3) is 5.18. The molecule has 0 radical (unpaired) electrons. The van der Waals surface area contributed by atoms with Crippen molar-refractivity contribution in [1.82, 2.24) is 4.57 Å². The van der Waals surface area contributed by atoms with Crippen molar-refractivity contribution in [2.24, 2.45) is 0 Å². The van der Waals surface area contributed by atoms with Crippen LogP contribution in [-0.2, 0) is 23.8 Å². The molecule has 1 fully saturated rings. The van der Waals surface area contributed by atoms with E-state index in [9.17, 15) is 14.4 Å². The standard InChI is InChI=1S/C26H26ClNO7/c1-15-23(24(34-16(2)29)26(31)35-22-6-4-5-13-33-22)20-14-19(32-3)11-12-21(20)28(15)25(30)17-7-9-18(27)10-8-17/h7-12,14,22,24H,4-6,13H2,1-3H3. The third-order valence-electron chi connectivity index (χ3n) is 5.90. The van der Waals surface area contributed by atoms with Gasteiger partial charge >= 0.3 is 11.9 Å². The van der Waals surface area contributed by atoms with Crippen LogP contribution in [0.1, 0.15) is 53.9 Å². The number of benzene rings is 2. The quantitative estimate of drug-likeness (QED) is 0.442. The molecule has 2 heterocycles. The fraction of sp³-hybridized carbons (Fsp3) is 0.346. The second kappa shape index (κ2) is 10.5. The van der Waals surface area contributed by atoms with E-state index in [2.05, 4.69) is 0 Å². The minimum Gasteiger partial charge on any atom is -0.497 e. The summed E-state index contributed by atoms with van der Waals surface area (Å²) in [7, 11) is 1.52. The van der Waals surface area contributed by atoms with E-state index in [1.165, 1.54) is 18.6 Å². The number of esters is 2. The maximum Gasteiger partial charge on any atom is 0.354 e. The van der Waals surface area contributed by atoms with Gasteiger partial charge < -0.3 is 18.9 Å². The average Bonchev–Trinajstić information content (AvgIpc) is 3.13. The lowest BCUT2D eigenvalue weighted by Crippen LogP contribution is -2.30. The number of carbonyl (C=O) groups excluding carboxylic acids is 3. The van der Waals surface area contributed by atoms with Crippen molar-refractivity contribution in [3.05, 3.63) is 64.3 Å². The van der Waals surface area contributed by atoms with Gasteiger partial charge in [0.05, 0.1) is 19.2 Å². The number of ether oxygens (including phenoxy) is 4. The number of carbonyl (C=O) groups is 3. The summed E-state index contributed by atoms with van der Waals surface area (Å²) in [6.07, 6.45) is 0.199. The molecule has 1 aliphatic heterocycles. The molecule has 0 N–H and O–H groups in total. The highest BCUT2D eigenvalue weighted by Crippen LogP contribution is 2.36. The van der Waals surface area contributed by atoms with E-state index in [-0.39, 0.29) is 5.91 Å². The molecule has 184 valence electrons. The van der Waals surface area contributed by atoms with Crippen LogP contribution in [0, 0.1) is 6.92 Å². The van der Waals surface area contributed by atoms with Crippen molar-refractivity contribution in [2.75, 3.05) is 13.7 Å². The van der Waals surface area contributed by atoms with Crippen LogP contribution in [0.3, 0.4) is 0 Å². The molecule has 35 heavy (non-hydrogen) atoms. The van der Waals surface area contributed by atoms with Gasteiger partial charge in [0, 0.05) is 40.6 Å². The summed E-state index contributed by atoms with van der Waals surface area (Å²) < 4.78 is 23.4. The maximum absolute atomic E-state index is 13.5. The zero-order chi connectivity index (χ0) is 25.1. The Bertz CT molecular complexity index is 1260. The molecule has 2 aromatic carbocycles. The molecule has 0 aliphatic carbocycles. The molecule has 0 bridgehead atoms. The summed E-state index contributed by atoms with van der Waals surface area (Å²) in [4.78, 5) is 38.8. The van der Waals surface area contributed by atoms with Crippen LogP contribution >= 0.6 is 11.6 Å². The highest BCUT2D eigenvalue weighted by atomic mass is 35.5. The molecule has 4 rings (SSSR count). The minimum absolute atomic E-state index is 0.328. The van der Waals surface area contributed by atoms with Gasteiger partial charge in [-0.2, -0.15) is 0 Å². The van der Waals surface area contributed by atoms with E-state index in [1.54, 1.807) is 49.4 Å². The number of hydrogen-bond donors (Lipinski definition) is 0. The first-order valence-electron chi connectivity index (χ1n) is 11.3. The van der Waals surface area contributed by atoms with E-state index in [4.69, 9.17) is 30.5 Å². The number of fused-ring (bicyclic) bond motifs is 1. The lowest BCUT2D eigenvalue weighted by molar-refractivity contribution is -0.199. The van der Waals surface area contributed by atoms with E-state index in [1.807, 2.05) is 0 Å². The first-order valence-corrected chi connectivity index (χ1v) is 11.7. The zero-order valence-electron chi connectivity index (χ0n) is 19.7. The molecule has 8 nitrogen and oxygen atoms in total. The zero-order valence-corrected chi connectivity index (χ0v) is 20.5. The van der Waals surface area contributed by atoms with Crippen molar-refractivity contribution in [1.29, 1.82) is 0 Å². The number of halogens is 1. The van der Waals surface area contributed by atoms with Crippen LogP contribution in [0.25, 0.3) is 10.9 Å². The molecule has 9 heteroatoms. The van der Waals surface area contributed by atoms with Gasteiger partial charge in [0.1, 0.15) is 5.75 Å². The van der Waals surface area contributed by atoms with Gasteiger partial charge in [-0.15, -0.1) is 0 Å². The van der Waals surface area contributed by atoms with Gasteiger partial charge in [0.15, 0.2) is 0 Å². The number of rotatable bonds is 6. The summed E-state index contributed by atoms with van der Waals surface area (Å²) in [6, 6.07) is 11.6. The summed E-state index contributed by atoms with van der Waals surface area (Å²) in [6.45, 7) is 3.39. The number of aromatic nitrogens is 1. The first kappa shape index (κ1) is 24.8. The number of nitrogens with zero attached hydrogens (tertiary/aromatic N) is 1. The molecule has 1 aliphatic rings. The Morgan fingerprint density at radius 3 is 2.49 bits per heavy atom. The molecular weight excluding hydrogens is 474 g/mol. The van der Waals surface area contributed by atoms with Gasteiger partial charge in [-0.3, -0.25) is 14.2 Å². The lowest BCUT2D eigenvalue weighted by Gasteiger charge is -2.25. The van der Waals surface area contributed by atoms with Crippen molar-refractivity contribution in [2.45, 2.75) is 45.5 Å². The second-order valence-corrected chi connectivity index (χ2v) is 8.69. The molecule has 0 amide bonds. The van der Waals surface area contributed by atoms with E-state index < -0.39 is 24.3 Å². The molecule has 0 spiro atoms. The fourth-order valence-corrected chi connectivity index (χ4v) is 4.38. The van der Waals surface area contributed by atoms with Gasteiger partial charge in [-0.05, 0) is 62.2 Å². The van der Waals surface area contributed by atoms with Gasteiger partial charge in [-0.25, -0.2) is 4.79 Å². The normalized spacial score (nSPS) is 16.5. The average molecular weight is 500 g/mol. The van der Waals surface area contributed by atoms with Gasteiger partial charge in [0.2, 0.25) is 12.4 Å². The Kier molecular flexibility index (Phi) is 7.42. The van der Waals surface area contributed by atoms with Crippen LogP contribution < -0.4 is 4.74 Å². The number of hydrogen-bond acceptors (Lipinski definition) is 7. The first-order chi connectivity index (χ1) is 16.8. The highest BCUT2D eigenvalue weighted by molar-refractivity contribution is 6.30. The Balaban J connectivity index is 1.85. The topological polar surface area (TPSA) is 93.1 Å². The molecular formula is C26H26ClNO7. The van der Waals surface area contributed by atoms with Crippen molar-refractivity contribution < 1.29 is 33.3 Å². The van der Waals surface area contributed by atoms with Gasteiger partial charge in [-0.1, -0.05) is 11.6 Å². The van der Waals surface area contributed by atoms with Crippen LogP contribution in [-0.4, -0.2) is 42.4 Å². The van der Waals surface area contributed by atoms with E-state index in [0.29, 0.717) is 51.5 Å². The Labute approximate surface area is 207 Å². The molecule has 0 saturated carbocycles. The van der Waals surface area contributed by atoms with Crippen molar-refractivity contribution in [3.8, 4) is 5.75 Å². The Morgan fingerprint density at radius 1 is 1.11 bits per heavy atom. The summed E-state index contributed by atoms with van der Waals surface area (Å²) >= 11 is 5.99. The van der Waals surface area contributed by atoms with Crippen LogP contribution in [0.2, 0.25) is 5.02 Å². The van der Waals surface area contributed by atoms with Crippen LogP contribution in [0.15, 0.2) is 42.5 Å². The van der Waals surface area contributed by atoms with Crippen LogP contribution in [0.5, 0.6) is 5.75 Å². The second-order valence-electron chi connectivity index (χ2n) is 8.25. The maximum atomic E-state index is 13.5. The highest BCUT2D eigenvalue weighted by Gasteiger charge is 2.35. The monoisotopic (exact) mass is 499 g/mol. The predicted octanol–water partition coefficient (Wildman–Crippen LogP) is 4.97. The fourth-order valence-electron chi connectivity index (χ4n) is 4.25. The molecule has 1 aromatic heterocycles.